The number of benzene rings is 1. The number of aryl methyl sites for hydroxylation is 1. The predicted octanol–water partition coefficient (Wildman–Crippen LogP) is 2.56. The fourth-order valence-electron chi connectivity index (χ4n) is 3.05. The van der Waals surface area contributed by atoms with E-state index in [1.165, 1.54) is 4.90 Å². The molecule has 1 saturated heterocycles. The molecule has 1 aliphatic rings. The molecule has 2 N–H and O–H groups in total. The van der Waals surface area contributed by atoms with Gasteiger partial charge in [0.15, 0.2) is 5.65 Å². The van der Waals surface area contributed by atoms with Gasteiger partial charge in [0.05, 0.1) is 11.6 Å². The largest absolute Gasteiger partial charge is 0.383 e. The van der Waals surface area contributed by atoms with Crippen LogP contribution >= 0.6 is 11.8 Å². The summed E-state index contributed by atoms with van der Waals surface area (Å²) in [6.45, 7) is 1.95. The summed E-state index contributed by atoms with van der Waals surface area (Å²) in [5.41, 5.74) is 6.86. The van der Waals surface area contributed by atoms with Crippen LogP contribution < -0.4 is 10.6 Å². The van der Waals surface area contributed by atoms with Crippen LogP contribution in [0.25, 0.3) is 11.0 Å². The summed E-state index contributed by atoms with van der Waals surface area (Å²) >= 11 is 1.92. The van der Waals surface area contributed by atoms with Gasteiger partial charge in [0.25, 0.3) is 0 Å². The van der Waals surface area contributed by atoms with Gasteiger partial charge >= 0.3 is 0 Å². The first kappa shape index (κ1) is 15.3. The molecule has 0 radical (unpaired) electrons. The topological polar surface area (TPSA) is 72.9 Å². The summed E-state index contributed by atoms with van der Waals surface area (Å²) < 4.78 is 1.75. The molecule has 7 heteroatoms. The van der Waals surface area contributed by atoms with Crippen LogP contribution in [0.5, 0.6) is 0 Å². The Bertz CT molecular complexity index is 847. The molecular weight excluding hydrogens is 320 g/mol. The highest BCUT2D eigenvalue weighted by atomic mass is 32.2. The molecule has 1 atom stereocenters. The zero-order valence-electron chi connectivity index (χ0n) is 13.6. The van der Waals surface area contributed by atoms with Crippen LogP contribution in [-0.2, 0) is 7.05 Å². The third-order valence-corrected chi connectivity index (χ3v) is 5.65. The summed E-state index contributed by atoms with van der Waals surface area (Å²) in [7, 11) is 1.88. The number of aromatic nitrogens is 4. The van der Waals surface area contributed by atoms with Crippen molar-refractivity contribution in [1.29, 1.82) is 0 Å². The lowest BCUT2D eigenvalue weighted by Gasteiger charge is -2.17. The number of nitrogens with zero attached hydrogens (tertiary/aromatic N) is 5. The fourth-order valence-corrected chi connectivity index (χ4v) is 4.10. The molecule has 2 aromatic heterocycles. The highest BCUT2D eigenvalue weighted by Crippen LogP contribution is 2.29. The number of thioether (sulfide) groups is 1. The quantitative estimate of drug-likeness (QED) is 0.736. The molecule has 3 aromatic rings. The molecule has 6 nitrogen and oxygen atoms in total. The van der Waals surface area contributed by atoms with Crippen molar-refractivity contribution in [2.45, 2.75) is 11.3 Å². The van der Waals surface area contributed by atoms with Gasteiger partial charge in [-0.25, -0.2) is 0 Å². The molecule has 0 spiro atoms. The maximum absolute atomic E-state index is 6.07. The first-order valence-electron chi connectivity index (χ1n) is 8.09. The molecule has 1 fully saturated rings. The van der Waals surface area contributed by atoms with Crippen LogP contribution in [0.15, 0.2) is 41.4 Å². The van der Waals surface area contributed by atoms with Crippen molar-refractivity contribution in [2.24, 2.45) is 13.0 Å². The molecule has 1 unspecified atom stereocenters. The summed E-state index contributed by atoms with van der Waals surface area (Å²) in [5.74, 6) is 2.98. The van der Waals surface area contributed by atoms with Crippen LogP contribution in [0, 0.1) is 5.92 Å². The van der Waals surface area contributed by atoms with Gasteiger partial charge in [0.2, 0.25) is 5.95 Å². The van der Waals surface area contributed by atoms with Gasteiger partial charge in [0, 0.05) is 30.8 Å². The lowest BCUT2D eigenvalue weighted by atomic mass is 10.2. The number of anilines is 2. The second-order valence-corrected chi connectivity index (χ2v) is 7.23. The summed E-state index contributed by atoms with van der Waals surface area (Å²) in [6, 6.07) is 10.6. The number of nitrogens with two attached hydrogens (primary N) is 1. The van der Waals surface area contributed by atoms with E-state index in [2.05, 4.69) is 50.3 Å². The summed E-state index contributed by atoms with van der Waals surface area (Å²) in [5, 5.41) is 5.03. The van der Waals surface area contributed by atoms with Gasteiger partial charge in [-0.2, -0.15) is 15.1 Å². The maximum Gasteiger partial charge on any atom is 0.229 e. The second kappa shape index (κ2) is 6.32. The van der Waals surface area contributed by atoms with Crippen LogP contribution in [0.3, 0.4) is 0 Å². The highest BCUT2D eigenvalue weighted by molar-refractivity contribution is 7.99. The number of fused-ring (bicyclic) bond motifs is 1. The van der Waals surface area contributed by atoms with Gasteiger partial charge in [-0.05, 0) is 24.5 Å². The molecule has 0 aliphatic carbocycles. The molecule has 1 aromatic carbocycles. The number of hydrogen-bond donors (Lipinski definition) is 1. The Balaban J connectivity index is 1.45. The average Bonchev–Trinajstić information content (AvgIpc) is 3.22. The minimum atomic E-state index is 0.505. The van der Waals surface area contributed by atoms with Crippen molar-refractivity contribution >= 4 is 34.6 Å². The van der Waals surface area contributed by atoms with Crippen LogP contribution in [0.2, 0.25) is 0 Å². The first-order chi connectivity index (χ1) is 11.7. The first-order valence-corrected chi connectivity index (χ1v) is 9.07. The highest BCUT2D eigenvalue weighted by Gasteiger charge is 2.25. The van der Waals surface area contributed by atoms with Crippen molar-refractivity contribution < 1.29 is 0 Å². The molecule has 1 aliphatic heterocycles. The number of nitrogen functional groups attached to an aromatic ring is 1. The van der Waals surface area contributed by atoms with E-state index in [4.69, 9.17) is 5.73 Å². The molecule has 0 amide bonds. The molecule has 3 heterocycles. The van der Waals surface area contributed by atoms with Gasteiger partial charge in [-0.3, -0.25) is 4.68 Å². The molecule has 4 rings (SSSR count). The lowest BCUT2D eigenvalue weighted by Crippen LogP contribution is -2.23. The summed E-state index contributed by atoms with van der Waals surface area (Å²) in [4.78, 5) is 12.7. The SMILES string of the molecule is Cn1ncc2c(N)nc(N3CCC(CSc4ccccc4)C3)nc21. The minimum absolute atomic E-state index is 0.505. The van der Waals surface area contributed by atoms with Crippen molar-refractivity contribution in [3.05, 3.63) is 36.5 Å². The smallest absolute Gasteiger partial charge is 0.229 e. The molecule has 0 bridgehead atoms. The number of hydrogen-bond acceptors (Lipinski definition) is 6. The molecular formula is C17H20N6S. The molecule has 24 heavy (non-hydrogen) atoms. The van der Waals surface area contributed by atoms with Gasteiger partial charge in [-0.15, -0.1) is 11.8 Å². The van der Waals surface area contributed by atoms with Crippen molar-refractivity contribution in [1.82, 2.24) is 19.7 Å². The Morgan fingerprint density at radius 2 is 2.08 bits per heavy atom. The van der Waals surface area contributed by atoms with E-state index in [9.17, 15) is 0 Å². The van der Waals surface area contributed by atoms with E-state index < -0.39 is 0 Å². The Morgan fingerprint density at radius 1 is 1.25 bits per heavy atom. The zero-order chi connectivity index (χ0) is 16.5. The Kier molecular flexibility index (Phi) is 4.02. The average molecular weight is 340 g/mol. The Morgan fingerprint density at radius 3 is 2.92 bits per heavy atom. The van der Waals surface area contributed by atoms with E-state index in [1.54, 1.807) is 10.9 Å². The Labute approximate surface area is 145 Å². The van der Waals surface area contributed by atoms with Gasteiger partial charge < -0.3 is 10.6 Å². The summed E-state index contributed by atoms with van der Waals surface area (Å²) in [6.07, 6.45) is 2.88. The fraction of sp³-hybridized carbons (Fsp3) is 0.353. The normalized spacial score (nSPS) is 17.7. The van der Waals surface area contributed by atoms with Crippen LogP contribution in [-0.4, -0.2) is 38.6 Å². The monoisotopic (exact) mass is 340 g/mol. The number of rotatable bonds is 4. The maximum atomic E-state index is 6.07. The van der Waals surface area contributed by atoms with Crippen molar-refractivity contribution in [3.63, 3.8) is 0 Å². The standard InChI is InChI=1S/C17H20N6S/c1-22-16-14(9-19-22)15(18)20-17(21-16)23-8-7-12(10-23)11-24-13-5-3-2-4-6-13/h2-6,9,12H,7-8,10-11H2,1H3,(H2,18,20,21). The Hall–Kier alpha value is -2.28. The van der Waals surface area contributed by atoms with Gasteiger partial charge in [0.1, 0.15) is 5.82 Å². The minimum Gasteiger partial charge on any atom is -0.383 e. The van der Waals surface area contributed by atoms with E-state index >= 15 is 0 Å². The van der Waals surface area contributed by atoms with Crippen LogP contribution in [0.1, 0.15) is 6.42 Å². The lowest BCUT2D eigenvalue weighted by molar-refractivity contribution is 0.670. The van der Waals surface area contributed by atoms with E-state index in [-0.39, 0.29) is 0 Å². The van der Waals surface area contributed by atoms with E-state index in [0.717, 1.165) is 42.2 Å². The van der Waals surface area contributed by atoms with E-state index in [1.807, 2.05) is 18.8 Å². The molecule has 0 saturated carbocycles. The second-order valence-electron chi connectivity index (χ2n) is 6.14. The van der Waals surface area contributed by atoms with E-state index in [0.29, 0.717) is 11.7 Å². The van der Waals surface area contributed by atoms with Gasteiger partial charge in [-0.1, -0.05) is 18.2 Å². The third kappa shape index (κ3) is 2.91. The molecule has 124 valence electrons. The van der Waals surface area contributed by atoms with Crippen molar-refractivity contribution in [3.8, 4) is 0 Å². The van der Waals surface area contributed by atoms with Crippen LogP contribution in [0.4, 0.5) is 11.8 Å². The predicted molar refractivity (Wildman–Crippen MR) is 98.2 cm³/mol. The zero-order valence-corrected chi connectivity index (χ0v) is 14.4. The third-order valence-electron chi connectivity index (χ3n) is 4.41. The van der Waals surface area contributed by atoms with Crippen molar-refractivity contribution in [2.75, 3.05) is 29.5 Å².